The zero-order valence-electron chi connectivity index (χ0n) is 22.9. The number of rotatable bonds is 5. The molecule has 11 heteroatoms. The molecule has 0 aliphatic heterocycles. The van der Waals surface area contributed by atoms with Gasteiger partial charge in [0.1, 0.15) is 40.4 Å². The van der Waals surface area contributed by atoms with Crippen LogP contribution in [0.3, 0.4) is 0 Å². The molecule has 0 atom stereocenters. The van der Waals surface area contributed by atoms with Crippen molar-refractivity contribution in [3.63, 3.8) is 0 Å². The Balaban J connectivity index is 1.41. The van der Waals surface area contributed by atoms with Crippen molar-refractivity contribution >= 4 is 10.8 Å². The van der Waals surface area contributed by atoms with E-state index in [1.165, 1.54) is 18.1 Å². The van der Waals surface area contributed by atoms with E-state index in [1.54, 1.807) is 6.07 Å². The summed E-state index contributed by atoms with van der Waals surface area (Å²) in [5, 5.41) is -0.870. The molecule has 0 saturated heterocycles. The minimum absolute atomic E-state index is 0.148. The Morgan fingerprint density at radius 2 is 1.39 bits per heavy atom. The number of fused-ring (bicyclic) bond motifs is 1. The van der Waals surface area contributed by atoms with Gasteiger partial charge in [-0.1, -0.05) is 37.8 Å². The lowest BCUT2D eigenvalue weighted by Gasteiger charge is -2.26. The summed E-state index contributed by atoms with van der Waals surface area (Å²) in [4.78, 5) is 0. The van der Waals surface area contributed by atoms with Crippen LogP contribution in [0.1, 0.15) is 55.2 Å². The lowest BCUT2D eigenvalue weighted by Crippen LogP contribution is -2.25. The van der Waals surface area contributed by atoms with Crippen molar-refractivity contribution in [2.75, 3.05) is 0 Å². The maximum atomic E-state index is 15.0. The Bertz CT molecular complexity index is 1770. The number of halogens is 10. The summed E-state index contributed by atoms with van der Waals surface area (Å²) in [7, 11) is 0. The van der Waals surface area contributed by atoms with Gasteiger partial charge < -0.3 is 4.74 Å². The fourth-order valence-electron chi connectivity index (χ4n) is 5.44. The quantitative estimate of drug-likeness (QED) is 0.159. The number of alkyl halides is 5. The van der Waals surface area contributed by atoms with Gasteiger partial charge in [0, 0.05) is 16.9 Å². The van der Waals surface area contributed by atoms with E-state index in [0.29, 0.717) is 30.2 Å². The fraction of sp³-hybridized carbons (Fsp3) is 0.273. The minimum Gasteiger partial charge on any atom is -0.429 e. The van der Waals surface area contributed by atoms with E-state index < -0.39 is 69.0 Å². The molecule has 0 amide bonds. The number of hydrogen-bond acceptors (Lipinski definition) is 1. The van der Waals surface area contributed by atoms with Gasteiger partial charge in [0.05, 0.1) is 5.56 Å². The van der Waals surface area contributed by atoms with Gasteiger partial charge in [-0.2, -0.15) is 22.0 Å². The van der Waals surface area contributed by atoms with E-state index >= 15 is 13.2 Å². The highest BCUT2D eigenvalue weighted by atomic mass is 19.4. The maximum Gasteiger partial charge on any atom is 0.458 e. The second-order valence-electron chi connectivity index (χ2n) is 10.8. The molecule has 4 aromatic carbocycles. The van der Waals surface area contributed by atoms with Crippen molar-refractivity contribution in [1.29, 1.82) is 0 Å². The molecule has 230 valence electrons. The summed E-state index contributed by atoms with van der Waals surface area (Å²) in [5.74, 6) is -5.15. The third-order valence-electron chi connectivity index (χ3n) is 7.70. The Hall–Kier alpha value is -4.20. The molecule has 1 fully saturated rings. The van der Waals surface area contributed by atoms with Crippen LogP contribution >= 0.6 is 0 Å². The third kappa shape index (κ3) is 6.49. The standard InChI is InChI=1S/C33H22F10O/c1-17-2-4-18(5-3-17)19-6-8-23(26(34)13-19)21-15-28(36)30(29(37)16-21)33(42,43)44-22-7-9-24-20(12-22)14-27(35)25(31(24)38)10-11-32(39,40)41/h6-9,12-18H,2-5H2,1H3. The second kappa shape index (κ2) is 11.7. The predicted octanol–water partition coefficient (Wildman–Crippen LogP) is 10.5. The van der Waals surface area contributed by atoms with E-state index in [2.05, 4.69) is 11.7 Å². The minimum atomic E-state index is -5.02. The van der Waals surface area contributed by atoms with Crippen LogP contribution in [-0.2, 0) is 6.11 Å². The van der Waals surface area contributed by atoms with Crippen LogP contribution in [0.4, 0.5) is 43.9 Å². The summed E-state index contributed by atoms with van der Waals surface area (Å²) in [6.45, 7) is 2.14. The smallest absolute Gasteiger partial charge is 0.429 e. The Kier molecular flexibility index (Phi) is 8.31. The first-order valence-corrected chi connectivity index (χ1v) is 13.5. The van der Waals surface area contributed by atoms with E-state index in [4.69, 9.17) is 0 Å². The van der Waals surface area contributed by atoms with Crippen molar-refractivity contribution < 1.29 is 48.6 Å². The first kappa shape index (κ1) is 31.2. The van der Waals surface area contributed by atoms with Gasteiger partial charge >= 0.3 is 12.3 Å². The van der Waals surface area contributed by atoms with Crippen LogP contribution in [-0.4, -0.2) is 6.18 Å². The molecule has 0 radical (unpaired) electrons. The monoisotopic (exact) mass is 624 g/mol. The van der Waals surface area contributed by atoms with E-state index in [9.17, 15) is 30.7 Å². The first-order valence-electron chi connectivity index (χ1n) is 13.5. The highest BCUT2D eigenvalue weighted by molar-refractivity contribution is 5.86. The van der Waals surface area contributed by atoms with Crippen LogP contribution in [0.5, 0.6) is 5.75 Å². The molecule has 1 aliphatic rings. The van der Waals surface area contributed by atoms with Crippen molar-refractivity contribution in [1.82, 2.24) is 0 Å². The highest BCUT2D eigenvalue weighted by Crippen LogP contribution is 2.40. The predicted molar refractivity (Wildman–Crippen MR) is 143 cm³/mol. The second-order valence-corrected chi connectivity index (χ2v) is 10.8. The van der Waals surface area contributed by atoms with Gasteiger partial charge in [-0.15, -0.1) is 0 Å². The summed E-state index contributed by atoms with van der Waals surface area (Å²) in [6.07, 6.45) is -5.91. The summed E-state index contributed by atoms with van der Waals surface area (Å²) in [5.41, 5.74) is -2.74. The molecule has 0 heterocycles. The molecule has 44 heavy (non-hydrogen) atoms. The van der Waals surface area contributed by atoms with Crippen LogP contribution < -0.4 is 4.74 Å². The van der Waals surface area contributed by atoms with Crippen LogP contribution in [0.2, 0.25) is 0 Å². The summed E-state index contributed by atoms with van der Waals surface area (Å²) < 4.78 is 146. The molecule has 0 N–H and O–H groups in total. The number of ether oxygens (including phenoxy) is 1. The summed E-state index contributed by atoms with van der Waals surface area (Å²) >= 11 is 0. The van der Waals surface area contributed by atoms with E-state index in [1.807, 2.05) is 0 Å². The Morgan fingerprint density at radius 1 is 0.727 bits per heavy atom. The molecule has 5 rings (SSSR count). The van der Waals surface area contributed by atoms with Crippen molar-refractivity contribution in [3.05, 3.63) is 100 Å². The average Bonchev–Trinajstić information content (AvgIpc) is 2.91. The first-order chi connectivity index (χ1) is 20.6. The fourth-order valence-corrected chi connectivity index (χ4v) is 5.44. The average molecular weight is 625 g/mol. The lowest BCUT2D eigenvalue weighted by molar-refractivity contribution is -0.189. The molecule has 1 aliphatic carbocycles. The third-order valence-corrected chi connectivity index (χ3v) is 7.70. The van der Waals surface area contributed by atoms with Crippen molar-refractivity contribution in [3.8, 4) is 28.7 Å². The van der Waals surface area contributed by atoms with Crippen LogP contribution in [0.15, 0.2) is 54.6 Å². The highest BCUT2D eigenvalue weighted by Gasteiger charge is 2.41. The van der Waals surface area contributed by atoms with Gasteiger partial charge in [-0.25, -0.2) is 22.0 Å². The summed E-state index contributed by atoms with van der Waals surface area (Å²) in [6, 6.07) is 8.20. The molecular formula is C33H22F10O. The number of benzene rings is 4. The van der Waals surface area contributed by atoms with Crippen molar-refractivity contribution in [2.24, 2.45) is 5.92 Å². The maximum absolute atomic E-state index is 15.0. The number of hydrogen-bond donors (Lipinski definition) is 0. The normalized spacial score (nSPS) is 17.3. The SMILES string of the molecule is CC1CCC(c2ccc(-c3cc(F)c(C(F)(F)Oc4ccc5c(F)c(C#CC(F)(F)F)c(F)cc5c4)c(F)c3)c(F)c2)CC1. The molecule has 0 bridgehead atoms. The van der Waals surface area contributed by atoms with Crippen molar-refractivity contribution in [2.45, 2.75) is 50.8 Å². The van der Waals surface area contributed by atoms with E-state index in [-0.39, 0.29) is 17.0 Å². The zero-order valence-corrected chi connectivity index (χ0v) is 22.9. The largest absolute Gasteiger partial charge is 0.458 e. The Morgan fingerprint density at radius 3 is 2.00 bits per heavy atom. The molecule has 4 aromatic rings. The van der Waals surface area contributed by atoms with E-state index in [0.717, 1.165) is 49.3 Å². The molecule has 0 unspecified atom stereocenters. The molecule has 1 saturated carbocycles. The van der Waals surface area contributed by atoms with Crippen LogP contribution in [0.25, 0.3) is 21.9 Å². The van der Waals surface area contributed by atoms with Gasteiger partial charge in [0.15, 0.2) is 0 Å². The molecule has 1 nitrogen and oxygen atoms in total. The van der Waals surface area contributed by atoms with Gasteiger partial charge in [-0.05, 0) is 83.7 Å². The topological polar surface area (TPSA) is 9.23 Å². The molecule has 0 aromatic heterocycles. The zero-order chi connectivity index (χ0) is 32.0. The lowest BCUT2D eigenvalue weighted by atomic mass is 9.79. The Labute approximate surface area is 245 Å². The van der Waals surface area contributed by atoms with Gasteiger partial charge in [0.25, 0.3) is 0 Å². The molecular weight excluding hydrogens is 602 g/mol. The molecule has 0 spiro atoms. The van der Waals surface area contributed by atoms with Gasteiger partial charge in [-0.3, -0.25) is 0 Å². The van der Waals surface area contributed by atoms with Crippen LogP contribution in [0, 0.1) is 46.8 Å². The van der Waals surface area contributed by atoms with Gasteiger partial charge in [0.2, 0.25) is 0 Å².